The first-order valence-corrected chi connectivity index (χ1v) is 10.5. The van der Waals surface area contributed by atoms with Crippen LogP contribution in [0, 0.1) is 0 Å². The van der Waals surface area contributed by atoms with E-state index in [1.54, 1.807) is 6.07 Å². The molecule has 2 aromatic rings. The Morgan fingerprint density at radius 1 is 0.879 bits per heavy atom. The Balaban J connectivity index is 1.96. The summed E-state index contributed by atoms with van der Waals surface area (Å²) in [5.74, 6) is 0.203. The lowest BCUT2D eigenvalue weighted by molar-refractivity contribution is -0.141. The highest BCUT2D eigenvalue weighted by atomic mass is 16.6. The van der Waals surface area contributed by atoms with Crippen molar-refractivity contribution in [2.45, 2.75) is 25.4 Å². The zero-order valence-electron chi connectivity index (χ0n) is 19.0. The fourth-order valence-corrected chi connectivity index (χ4v) is 2.95. The molecule has 0 amide bonds. The van der Waals surface area contributed by atoms with Gasteiger partial charge in [-0.1, -0.05) is 51.3 Å². The average Bonchev–Trinajstić information content (AvgIpc) is 2.84. The Morgan fingerprint density at radius 3 is 2.21 bits per heavy atom. The summed E-state index contributed by atoms with van der Waals surface area (Å²) in [5.41, 5.74) is 1.77. The Bertz CT molecular complexity index is 947. The van der Waals surface area contributed by atoms with Crippen LogP contribution in [0.15, 0.2) is 73.8 Å². The minimum atomic E-state index is -0.946. The van der Waals surface area contributed by atoms with Crippen molar-refractivity contribution in [1.29, 1.82) is 0 Å². The van der Waals surface area contributed by atoms with E-state index in [-0.39, 0.29) is 31.8 Å². The molecule has 0 spiro atoms. The van der Waals surface area contributed by atoms with Crippen LogP contribution >= 0.6 is 0 Å². The van der Waals surface area contributed by atoms with Crippen LogP contribution in [0.1, 0.15) is 25.0 Å². The summed E-state index contributed by atoms with van der Waals surface area (Å²) in [6.45, 7) is 11.1. The quantitative estimate of drug-likeness (QED) is 0.281. The highest BCUT2D eigenvalue weighted by molar-refractivity contribution is 5.81. The molecule has 0 aliphatic rings. The summed E-state index contributed by atoms with van der Waals surface area (Å²) in [4.78, 5) is 22.1. The number of aliphatic hydroxyl groups excluding tert-OH is 1. The third-order valence-electron chi connectivity index (χ3n) is 4.92. The SMILES string of the molecule is C=CC(=O)OCCOc1ccc(C(C)(C)c2cccc(OCC(O)COC(=O)C=C)c2)cc1. The first-order valence-electron chi connectivity index (χ1n) is 10.5. The van der Waals surface area contributed by atoms with Gasteiger partial charge >= 0.3 is 11.9 Å². The van der Waals surface area contributed by atoms with Crippen LogP contribution in [-0.4, -0.2) is 49.6 Å². The summed E-state index contributed by atoms with van der Waals surface area (Å²) in [5, 5.41) is 9.93. The molecule has 0 saturated heterocycles. The molecule has 7 nitrogen and oxygen atoms in total. The van der Waals surface area contributed by atoms with Gasteiger partial charge in [0.05, 0.1) is 0 Å². The van der Waals surface area contributed by atoms with Crippen LogP contribution in [0.4, 0.5) is 0 Å². The van der Waals surface area contributed by atoms with Crippen LogP contribution in [0.2, 0.25) is 0 Å². The van der Waals surface area contributed by atoms with Crippen LogP contribution < -0.4 is 9.47 Å². The molecule has 1 atom stereocenters. The molecule has 176 valence electrons. The summed E-state index contributed by atoms with van der Waals surface area (Å²) in [7, 11) is 0. The summed E-state index contributed by atoms with van der Waals surface area (Å²) < 4.78 is 21.0. The molecule has 1 unspecified atom stereocenters. The lowest BCUT2D eigenvalue weighted by Gasteiger charge is -2.27. The van der Waals surface area contributed by atoms with Gasteiger partial charge in [-0.3, -0.25) is 0 Å². The highest BCUT2D eigenvalue weighted by Crippen LogP contribution is 2.34. The number of carbonyl (C=O) groups excluding carboxylic acids is 2. The van der Waals surface area contributed by atoms with Crippen molar-refractivity contribution in [3.63, 3.8) is 0 Å². The van der Waals surface area contributed by atoms with Gasteiger partial charge in [-0.05, 0) is 35.4 Å². The molecule has 0 radical (unpaired) electrons. The Labute approximate surface area is 194 Å². The largest absolute Gasteiger partial charge is 0.491 e. The van der Waals surface area contributed by atoms with E-state index >= 15 is 0 Å². The van der Waals surface area contributed by atoms with Gasteiger partial charge in [0.2, 0.25) is 0 Å². The van der Waals surface area contributed by atoms with Crippen LogP contribution in [-0.2, 0) is 24.5 Å². The number of ether oxygens (including phenoxy) is 4. The fraction of sp³-hybridized carbons (Fsp3) is 0.308. The van der Waals surface area contributed by atoms with Gasteiger partial charge in [-0.2, -0.15) is 0 Å². The smallest absolute Gasteiger partial charge is 0.330 e. The summed E-state index contributed by atoms with van der Waals surface area (Å²) in [6.07, 6.45) is 1.21. The zero-order chi connectivity index (χ0) is 24.3. The van der Waals surface area contributed by atoms with Crippen molar-refractivity contribution in [2.24, 2.45) is 0 Å². The van der Waals surface area contributed by atoms with E-state index < -0.39 is 18.0 Å². The van der Waals surface area contributed by atoms with Gasteiger partial charge in [0, 0.05) is 17.6 Å². The maximum absolute atomic E-state index is 11.1. The third-order valence-corrected chi connectivity index (χ3v) is 4.92. The van der Waals surface area contributed by atoms with Crippen molar-refractivity contribution in [3.8, 4) is 11.5 Å². The number of benzene rings is 2. The van der Waals surface area contributed by atoms with Gasteiger partial charge < -0.3 is 24.1 Å². The van der Waals surface area contributed by atoms with E-state index in [1.807, 2.05) is 42.5 Å². The van der Waals surface area contributed by atoms with E-state index in [2.05, 4.69) is 27.0 Å². The Hall–Kier alpha value is -3.58. The number of carbonyl (C=O) groups is 2. The molecule has 0 fully saturated rings. The molecule has 1 N–H and O–H groups in total. The van der Waals surface area contributed by atoms with E-state index in [4.69, 9.17) is 18.9 Å². The van der Waals surface area contributed by atoms with Crippen molar-refractivity contribution in [3.05, 3.63) is 85.0 Å². The average molecular weight is 455 g/mol. The summed E-state index contributed by atoms with van der Waals surface area (Å²) >= 11 is 0. The van der Waals surface area contributed by atoms with Crippen molar-refractivity contribution in [1.82, 2.24) is 0 Å². The maximum Gasteiger partial charge on any atom is 0.330 e. The second-order valence-electron chi connectivity index (χ2n) is 7.70. The molecule has 33 heavy (non-hydrogen) atoms. The maximum atomic E-state index is 11.1. The first kappa shape index (κ1) is 25.7. The standard InChI is InChI=1S/C26H30O7/c1-5-24(28)31-15-14-30-22-12-10-19(11-13-22)26(3,4)20-8-7-9-23(16-20)32-17-21(27)18-33-25(29)6-2/h5-13,16,21,27H,1-2,14-15,17-18H2,3-4H3. The van der Waals surface area contributed by atoms with Crippen LogP contribution in [0.3, 0.4) is 0 Å². The molecule has 2 aromatic carbocycles. The molecule has 2 rings (SSSR count). The van der Waals surface area contributed by atoms with Gasteiger partial charge in [-0.15, -0.1) is 0 Å². The van der Waals surface area contributed by atoms with E-state index in [0.29, 0.717) is 11.5 Å². The second-order valence-corrected chi connectivity index (χ2v) is 7.70. The number of aliphatic hydroxyl groups is 1. The van der Waals surface area contributed by atoms with E-state index in [1.165, 1.54) is 0 Å². The van der Waals surface area contributed by atoms with Gasteiger partial charge in [-0.25, -0.2) is 9.59 Å². The lowest BCUT2D eigenvalue weighted by atomic mass is 9.78. The molecule has 0 aromatic heterocycles. The lowest BCUT2D eigenvalue weighted by Crippen LogP contribution is -2.25. The Morgan fingerprint density at radius 2 is 1.55 bits per heavy atom. The minimum absolute atomic E-state index is 0.0115. The molecule has 0 bridgehead atoms. The van der Waals surface area contributed by atoms with Gasteiger partial charge in [0.25, 0.3) is 0 Å². The molecule has 0 saturated carbocycles. The van der Waals surface area contributed by atoms with Gasteiger partial charge in [0.1, 0.15) is 44.0 Å². The molecular weight excluding hydrogens is 424 g/mol. The highest BCUT2D eigenvalue weighted by Gasteiger charge is 2.23. The zero-order valence-corrected chi connectivity index (χ0v) is 19.0. The fourth-order valence-electron chi connectivity index (χ4n) is 2.95. The third kappa shape index (κ3) is 8.12. The predicted molar refractivity (Wildman–Crippen MR) is 124 cm³/mol. The van der Waals surface area contributed by atoms with Crippen LogP contribution in [0.25, 0.3) is 0 Å². The Kier molecular flexibility index (Phi) is 9.69. The monoisotopic (exact) mass is 454 g/mol. The van der Waals surface area contributed by atoms with Crippen LogP contribution in [0.5, 0.6) is 11.5 Å². The van der Waals surface area contributed by atoms with Crippen molar-refractivity contribution in [2.75, 3.05) is 26.4 Å². The van der Waals surface area contributed by atoms with Gasteiger partial charge in [0.15, 0.2) is 0 Å². The molecular formula is C26H30O7. The minimum Gasteiger partial charge on any atom is -0.491 e. The molecule has 0 heterocycles. The molecule has 0 aliphatic carbocycles. The molecule has 7 heteroatoms. The van der Waals surface area contributed by atoms with Crippen molar-refractivity contribution < 1.29 is 33.6 Å². The normalized spacial score (nSPS) is 11.7. The number of esters is 2. The number of hydrogen-bond acceptors (Lipinski definition) is 7. The van der Waals surface area contributed by atoms with E-state index in [0.717, 1.165) is 23.3 Å². The predicted octanol–water partition coefficient (Wildman–Crippen LogP) is 3.59. The number of hydrogen-bond donors (Lipinski definition) is 1. The van der Waals surface area contributed by atoms with Crippen molar-refractivity contribution >= 4 is 11.9 Å². The first-order chi connectivity index (χ1) is 15.8. The second kappa shape index (κ2) is 12.5. The topological polar surface area (TPSA) is 91.3 Å². The number of rotatable bonds is 13. The van der Waals surface area contributed by atoms with E-state index in [9.17, 15) is 14.7 Å². The molecule has 0 aliphatic heterocycles. The summed E-state index contributed by atoms with van der Waals surface area (Å²) in [6, 6.07) is 15.3.